The Balaban J connectivity index is 2.69. The molecule has 0 spiro atoms. The third-order valence-electron chi connectivity index (χ3n) is 6.59. The van der Waals surface area contributed by atoms with Gasteiger partial charge in [-0.1, -0.05) is 59.3 Å². The Labute approximate surface area is 194 Å². The van der Waals surface area contributed by atoms with Crippen molar-refractivity contribution in [3.05, 3.63) is 0 Å². The maximum Gasteiger partial charge on any atom is 0.226 e. The predicted octanol–water partition coefficient (Wildman–Crippen LogP) is 2.83. The van der Waals surface area contributed by atoms with Gasteiger partial charge >= 0.3 is 0 Å². The molecule has 0 aliphatic carbocycles. The summed E-state index contributed by atoms with van der Waals surface area (Å²) in [6, 6.07) is -0.978. The van der Waals surface area contributed by atoms with Crippen LogP contribution in [-0.4, -0.2) is 65.3 Å². The molecule has 1 heterocycles. The van der Waals surface area contributed by atoms with Crippen LogP contribution in [0.4, 0.5) is 0 Å². The van der Waals surface area contributed by atoms with Crippen molar-refractivity contribution >= 4 is 17.5 Å². The molecule has 186 valence electrons. The molecule has 0 bridgehead atoms. The maximum atomic E-state index is 13.2. The Hall–Kier alpha value is -1.31. The van der Waals surface area contributed by atoms with Crippen LogP contribution < -0.4 is 11.1 Å². The van der Waals surface area contributed by atoms with Crippen LogP contribution in [0.2, 0.25) is 0 Å². The highest BCUT2D eigenvalue weighted by Crippen LogP contribution is 2.23. The summed E-state index contributed by atoms with van der Waals surface area (Å²) in [7, 11) is 0. The number of aliphatic hydroxyl groups excluding tert-OH is 1. The van der Waals surface area contributed by atoms with E-state index in [1.165, 1.54) is 39.0 Å². The van der Waals surface area contributed by atoms with Crippen molar-refractivity contribution in [3.63, 3.8) is 0 Å². The second kappa shape index (κ2) is 15.5. The lowest BCUT2D eigenvalue weighted by Gasteiger charge is -2.35. The third kappa shape index (κ3) is 9.67. The number of nitrogens with two attached hydrogens (primary N) is 1. The van der Waals surface area contributed by atoms with Crippen LogP contribution in [0, 0.1) is 11.8 Å². The number of rotatable bonds is 16. The minimum absolute atomic E-state index is 0.00210. The van der Waals surface area contributed by atoms with Gasteiger partial charge in [-0.05, 0) is 39.3 Å². The van der Waals surface area contributed by atoms with E-state index in [0.717, 1.165) is 38.8 Å². The number of ketones is 2. The first-order chi connectivity index (χ1) is 15.2. The summed E-state index contributed by atoms with van der Waals surface area (Å²) >= 11 is 0. The van der Waals surface area contributed by atoms with E-state index in [0.29, 0.717) is 0 Å². The van der Waals surface area contributed by atoms with Crippen molar-refractivity contribution < 1.29 is 19.5 Å². The molecule has 1 saturated heterocycles. The number of nitrogens with zero attached hydrogens (tertiary/aromatic N) is 1. The predicted molar refractivity (Wildman–Crippen MR) is 128 cm³/mol. The van der Waals surface area contributed by atoms with Gasteiger partial charge in [0.25, 0.3) is 0 Å². The number of amides is 1. The van der Waals surface area contributed by atoms with E-state index >= 15 is 0 Å². The number of aliphatic hydroxyl groups is 1. The molecule has 4 atom stereocenters. The van der Waals surface area contributed by atoms with Gasteiger partial charge < -0.3 is 16.2 Å². The Morgan fingerprint density at radius 1 is 1.06 bits per heavy atom. The smallest absolute Gasteiger partial charge is 0.226 e. The van der Waals surface area contributed by atoms with Gasteiger partial charge in [0.05, 0.1) is 24.1 Å². The van der Waals surface area contributed by atoms with Gasteiger partial charge in [-0.3, -0.25) is 19.3 Å². The van der Waals surface area contributed by atoms with Gasteiger partial charge in [0.15, 0.2) is 11.6 Å². The van der Waals surface area contributed by atoms with Gasteiger partial charge in [-0.2, -0.15) is 0 Å². The SMILES string of the molecule is CCCCCCCCN1CCCC[C@H]1C(=O)C[C@H](C(=O)N[C@@H](CN)C(=O)C(C)C)C(C)O. The fourth-order valence-corrected chi connectivity index (χ4v) is 4.48. The summed E-state index contributed by atoms with van der Waals surface area (Å²) in [5.74, 6) is -1.75. The fourth-order valence-electron chi connectivity index (χ4n) is 4.48. The van der Waals surface area contributed by atoms with E-state index in [9.17, 15) is 19.5 Å². The summed E-state index contributed by atoms with van der Waals surface area (Å²) in [6.07, 6.45) is 9.19. The van der Waals surface area contributed by atoms with E-state index in [4.69, 9.17) is 5.73 Å². The van der Waals surface area contributed by atoms with Crippen molar-refractivity contribution in [3.8, 4) is 0 Å². The lowest BCUT2D eigenvalue weighted by Crippen LogP contribution is -2.52. The van der Waals surface area contributed by atoms with E-state index in [1.807, 2.05) is 0 Å². The molecule has 0 aromatic rings. The van der Waals surface area contributed by atoms with E-state index < -0.39 is 24.0 Å². The van der Waals surface area contributed by atoms with Crippen LogP contribution in [-0.2, 0) is 14.4 Å². The van der Waals surface area contributed by atoms with Crippen molar-refractivity contribution in [2.24, 2.45) is 17.6 Å². The van der Waals surface area contributed by atoms with Crippen LogP contribution in [0.1, 0.15) is 91.9 Å². The molecule has 0 saturated carbocycles. The summed E-state index contributed by atoms with van der Waals surface area (Å²) in [5.41, 5.74) is 5.69. The number of likely N-dealkylation sites (tertiary alicyclic amines) is 1. The molecule has 1 amide bonds. The Morgan fingerprint density at radius 3 is 2.31 bits per heavy atom. The first kappa shape index (κ1) is 28.7. The summed E-state index contributed by atoms with van der Waals surface area (Å²) in [5, 5.41) is 12.9. The maximum absolute atomic E-state index is 13.2. The Bertz CT molecular complexity index is 580. The molecule has 1 aliphatic heterocycles. The molecule has 7 heteroatoms. The van der Waals surface area contributed by atoms with Gasteiger partial charge in [-0.15, -0.1) is 0 Å². The normalized spacial score (nSPS) is 20.0. The zero-order chi connectivity index (χ0) is 24.1. The largest absolute Gasteiger partial charge is 0.393 e. The number of Topliss-reactive ketones (excluding diaryl/α,β-unsaturated/α-hetero) is 2. The molecule has 1 rings (SSSR count). The average molecular weight is 454 g/mol. The zero-order valence-corrected chi connectivity index (χ0v) is 20.8. The topological polar surface area (TPSA) is 113 Å². The monoisotopic (exact) mass is 453 g/mol. The Kier molecular flexibility index (Phi) is 13.9. The van der Waals surface area contributed by atoms with Gasteiger partial charge in [0.2, 0.25) is 5.91 Å². The van der Waals surface area contributed by atoms with E-state index in [2.05, 4.69) is 17.1 Å². The minimum atomic E-state index is -0.984. The second-order valence-electron chi connectivity index (χ2n) is 9.69. The van der Waals surface area contributed by atoms with Crippen molar-refractivity contribution in [1.82, 2.24) is 10.2 Å². The third-order valence-corrected chi connectivity index (χ3v) is 6.59. The number of hydrogen-bond donors (Lipinski definition) is 3. The number of unbranched alkanes of at least 4 members (excludes halogenated alkanes) is 5. The summed E-state index contributed by atoms with van der Waals surface area (Å²) in [6.45, 7) is 9.07. The molecule has 0 aromatic carbocycles. The van der Waals surface area contributed by atoms with E-state index in [1.54, 1.807) is 13.8 Å². The van der Waals surface area contributed by atoms with Gasteiger partial charge in [0.1, 0.15) is 0 Å². The molecule has 7 nitrogen and oxygen atoms in total. The molecule has 1 fully saturated rings. The zero-order valence-electron chi connectivity index (χ0n) is 20.8. The fraction of sp³-hybridized carbons (Fsp3) is 0.880. The summed E-state index contributed by atoms with van der Waals surface area (Å²) < 4.78 is 0. The van der Waals surface area contributed by atoms with Crippen LogP contribution in [0.25, 0.3) is 0 Å². The quantitative estimate of drug-likeness (QED) is 0.310. The van der Waals surface area contributed by atoms with Crippen molar-refractivity contribution in [1.29, 1.82) is 0 Å². The average Bonchev–Trinajstić information content (AvgIpc) is 2.77. The van der Waals surface area contributed by atoms with Crippen molar-refractivity contribution in [2.45, 2.75) is 110 Å². The first-order valence-electron chi connectivity index (χ1n) is 12.7. The van der Waals surface area contributed by atoms with Crippen LogP contribution in [0.15, 0.2) is 0 Å². The van der Waals surface area contributed by atoms with Gasteiger partial charge in [0, 0.05) is 18.9 Å². The molecule has 1 aliphatic rings. The molecule has 1 unspecified atom stereocenters. The Morgan fingerprint density at radius 2 is 1.72 bits per heavy atom. The number of piperidine rings is 1. The standard InChI is InChI=1S/C25H47N3O4/c1-5-6-7-8-9-11-14-28-15-12-10-13-22(28)23(30)16-20(19(4)29)25(32)27-21(17-26)24(31)18(2)3/h18-22,29H,5-17,26H2,1-4H3,(H,27,32)/t19?,20-,21-,22-/m0/s1. The number of carbonyl (C=O) groups is 3. The molecular weight excluding hydrogens is 406 g/mol. The highest BCUT2D eigenvalue weighted by Gasteiger charge is 2.34. The summed E-state index contributed by atoms with van der Waals surface area (Å²) in [4.78, 5) is 40.5. The van der Waals surface area contributed by atoms with E-state index in [-0.39, 0.29) is 36.5 Å². The molecular formula is C25H47N3O4. The van der Waals surface area contributed by atoms with Crippen LogP contribution in [0.3, 0.4) is 0 Å². The number of carbonyl (C=O) groups excluding carboxylic acids is 3. The second-order valence-corrected chi connectivity index (χ2v) is 9.69. The molecule has 0 aromatic heterocycles. The van der Waals surface area contributed by atoms with Crippen molar-refractivity contribution in [2.75, 3.05) is 19.6 Å². The highest BCUT2D eigenvalue weighted by molar-refractivity contribution is 5.94. The lowest BCUT2D eigenvalue weighted by molar-refractivity contribution is -0.137. The molecule has 4 N–H and O–H groups in total. The number of nitrogens with one attached hydrogen (secondary N) is 1. The molecule has 32 heavy (non-hydrogen) atoms. The lowest BCUT2D eigenvalue weighted by atomic mass is 9.89. The first-order valence-corrected chi connectivity index (χ1v) is 12.7. The van der Waals surface area contributed by atoms with Gasteiger partial charge in [-0.25, -0.2) is 0 Å². The van der Waals surface area contributed by atoms with Crippen LogP contribution >= 0.6 is 0 Å². The molecule has 0 radical (unpaired) electrons. The highest BCUT2D eigenvalue weighted by atomic mass is 16.3. The van der Waals surface area contributed by atoms with Crippen LogP contribution in [0.5, 0.6) is 0 Å². The minimum Gasteiger partial charge on any atom is -0.393 e. The number of hydrogen-bond acceptors (Lipinski definition) is 6.